The lowest BCUT2D eigenvalue weighted by molar-refractivity contribution is -0.152. The second kappa shape index (κ2) is 12.7. The second-order valence-corrected chi connectivity index (χ2v) is 8.66. The fraction of sp³-hybridized carbons (Fsp3) is 0.407. The fourth-order valence-electron chi connectivity index (χ4n) is 4.17. The number of hydrogen-bond donors (Lipinski definition) is 1. The van der Waals surface area contributed by atoms with Gasteiger partial charge in [0.15, 0.2) is 0 Å². The maximum atomic E-state index is 13.3. The summed E-state index contributed by atoms with van der Waals surface area (Å²) in [5.74, 6) is -1.32. The topological polar surface area (TPSA) is 96.0 Å². The summed E-state index contributed by atoms with van der Waals surface area (Å²) in [6.45, 7) is 2.11. The Morgan fingerprint density at radius 3 is 2.09 bits per heavy atom. The molecule has 8 nitrogen and oxygen atoms in total. The van der Waals surface area contributed by atoms with Crippen molar-refractivity contribution in [2.75, 3.05) is 26.7 Å². The van der Waals surface area contributed by atoms with E-state index in [2.05, 4.69) is 5.32 Å². The van der Waals surface area contributed by atoms with Gasteiger partial charge in [0.25, 0.3) is 0 Å². The van der Waals surface area contributed by atoms with E-state index in [1.807, 2.05) is 60.7 Å². The number of esters is 1. The van der Waals surface area contributed by atoms with Gasteiger partial charge in [0.2, 0.25) is 17.7 Å². The molecule has 0 aromatic heterocycles. The highest BCUT2D eigenvalue weighted by atomic mass is 16.5. The van der Waals surface area contributed by atoms with Crippen LogP contribution in [0.1, 0.15) is 30.9 Å². The molecule has 186 valence electrons. The maximum absolute atomic E-state index is 13.3. The van der Waals surface area contributed by atoms with Crippen molar-refractivity contribution in [1.29, 1.82) is 0 Å². The predicted molar refractivity (Wildman–Crippen MR) is 131 cm³/mol. The zero-order valence-electron chi connectivity index (χ0n) is 20.3. The molecule has 0 bridgehead atoms. The van der Waals surface area contributed by atoms with Crippen molar-refractivity contribution in [3.63, 3.8) is 0 Å². The van der Waals surface area contributed by atoms with Gasteiger partial charge in [0.05, 0.1) is 7.11 Å². The van der Waals surface area contributed by atoms with Crippen LogP contribution in [0, 0.1) is 0 Å². The molecular formula is C27H33N3O5. The Bertz CT molecular complexity index is 1010. The Balaban J connectivity index is 1.69. The van der Waals surface area contributed by atoms with Gasteiger partial charge < -0.3 is 19.9 Å². The molecule has 2 aromatic rings. The van der Waals surface area contributed by atoms with Crippen LogP contribution in [0.4, 0.5) is 0 Å². The van der Waals surface area contributed by atoms with E-state index in [0.29, 0.717) is 19.3 Å². The first kappa shape index (κ1) is 25.9. The van der Waals surface area contributed by atoms with Crippen LogP contribution in [0.15, 0.2) is 60.7 Å². The molecule has 1 saturated heterocycles. The highest BCUT2D eigenvalue weighted by molar-refractivity contribution is 5.92. The number of benzene rings is 2. The number of amides is 3. The Morgan fingerprint density at radius 2 is 1.51 bits per heavy atom. The highest BCUT2D eigenvalue weighted by Gasteiger charge is 2.37. The monoisotopic (exact) mass is 479 g/mol. The van der Waals surface area contributed by atoms with Crippen LogP contribution < -0.4 is 5.32 Å². The number of aryl methyl sites for hydroxylation is 2. The molecular weight excluding hydrogens is 446 g/mol. The van der Waals surface area contributed by atoms with Crippen LogP contribution in [0.5, 0.6) is 0 Å². The summed E-state index contributed by atoms with van der Waals surface area (Å²) in [6.07, 6.45) is 1.62. The molecule has 1 fully saturated rings. The van der Waals surface area contributed by atoms with Gasteiger partial charge in [0, 0.05) is 32.5 Å². The minimum absolute atomic E-state index is 0.0634. The molecule has 1 N–H and O–H groups in total. The van der Waals surface area contributed by atoms with Crippen LogP contribution in [-0.4, -0.2) is 72.3 Å². The number of carbonyl (C=O) groups is 4. The van der Waals surface area contributed by atoms with Crippen molar-refractivity contribution in [1.82, 2.24) is 15.1 Å². The zero-order valence-corrected chi connectivity index (χ0v) is 20.3. The first-order valence-electron chi connectivity index (χ1n) is 11.9. The average Bonchev–Trinajstić information content (AvgIpc) is 3.05. The molecule has 2 atom stereocenters. The van der Waals surface area contributed by atoms with E-state index in [-0.39, 0.29) is 37.9 Å². The van der Waals surface area contributed by atoms with Crippen molar-refractivity contribution in [3.05, 3.63) is 71.8 Å². The van der Waals surface area contributed by atoms with Crippen molar-refractivity contribution < 1.29 is 23.9 Å². The number of methoxy groups -OCH3 is 1. The summed E-state index contributed by atoms with van der Waals surface area (Å²) in [6, 6.07) is 17.6. The lowest BCUT2D eigenvalue weighted by Crippen LogP contribution is -2.54. The number of rotatable bonds is 9. The van der Waals surface area contributed by atoms with E-state index >= 15 is 0 Å². The Kier molecular flexibility index (Phi) is 9.40. The van der Waals surface area contributed by atoms with E-state index in [4.69, 9.17) is 4.74 Å². The third-order valence-electron chi connectivity index (χ3n) is 6.25. The molecule has 0 spiro atoms. The van der Waals surface area contributed by atoms with Crippen molar-refractivity contribution in [2.45, 2.75) is 44.7 Å². The summed E-state index contributed by atoms with van der Waals surface area (Å²) in [5.41, 5.74) is 2.08. The number of hydrogen-bond acceptors (Lipinski definition) is 5. The van der Waals surface area contributed by atoms with Gasteiger partial charge in [-0.1, -0.05) is 60.7 Å². The number of ether oxygens (including phenoxy) is 1. The highest BCUT2D eigenvalue weighted by Crippen LogP contribution is 2.14. The molecule has 0 aliphatic carbocycles. The smallest absolute Gasteiger partial charge is 0.328 e. The fourth-order valence-corrected chi connectivity index (χ4v) is 4.17. The van der Waals surface area contributed by atoms with Crippen molar-refractivity contribution in [3.8, 4) is 0 Å². The Hall–Kier alpha value is -3.68. The average molecular weight is 480 g/mol. The van der Waals surface area contributed by atoms with Crippen LogP contribution in [0.25, 0.3) is 0 Å². The zero-order chi connectivity index (χ0) is 25.2. The lowest BCUT2D eigenvalue weighted by atomic mass is 10.1. The van der Waals surface area contributed by atoms with Crippen molar-refractivity contribution in [2.24, 2.45) is 0 Å². The Morgan fingerprint density at radius 1 is 0.943 bits per heavy atom. The molecule has 1 heterocycles. The second-order valence-electron chi connectivity index (χ2n) is 8.66. The van der Waals surface area contributed by atoms with Crippen molar-refractivity contribution >= 4 is 23.7 Å². The van der Waals surface area contributed by atoms with Gasteiger partial charge in [-0.25, -0.2) is 4.79 Å². The van der Waals surface area contributed by atoms with Gasteiger partial charge in [-0.2, -0.15) is 0 Å². The molecule has 35 heavy (non-hydrogen) atoms. The van der Waals surface area contributed by atoms with E-state index in [0.717, 1.165) is 11.1 Å². The quantitative estimate of drug-likeness (QED) is 0.555. The summed E-state index contributed by atoms with van der Waals surface area (Å²) in [7, 11) is 1.27. The van der Waals surface area contributed by atoms with E-state index in [9.17, 15) is 19.2 Å². The molecule has 3 rings (SSSR count). The predicted octanol–water partition coefficient (Wildman–Crippen LogP) is 1.97. The van der Waals surface area contributed by atoms with Crippen LogP contribution in [-0.2, 0) is 36.8 Å². The summed E-state index contributed by atoms with van der Waals surface area (Å²) in [5, 5.41) is 2.80. The third kappa shape index (κ3) is 7.40. The summed E-state index contributed by atoms with van der Waals surface area (Å²) < 4.78 is 4.82. The Labute approximate surface area is 206 Å². The first-order chi connectivity index (χ1) is 16.9. The van der Waals surface area contributed by atoms with E-state index in [1.165, 1.54) is 12.0 Å². The SMILES string of the molecule is COC(=O)C(C)N1CCN(C(=O)CCc2ccccc2)C[C@H](NC(=O)CCc2ccccc2)C1=O. The standard InChI is InChI=1S/C27H33N3O5/c1-20(27(34)35-2)30-18-17-29(25(32)16-14-22-11-7-4-8-12-22)19-23(26(30)33)28-24(31)15-13-21-9-5-3-6-10-21/h3-12,20,23H,13-19H2,1-2H3,(H,28,31)/t20?,23-/m0/s1. The third-order valence-corrected chi connectivity index (χ3v) is 6.25. The van der Waals surface area contributed by atoms with Gasteiger partial charge in [-0.3, -0.25) is 14.4 Å². The largest absolute Gasteiger partial charge is 0.467 e. The molecule has 0 saturated carbocycles. The van der Waals surface area contributed by atoms with Gasteiger partial charge in [-0.15, -0.1) is 0 Å². The van der Waals surface area contributed by atoms with Crippen LogP contribution in [0.2, 0.25) is 0 Å². The lowest BCUT2D eigenvalue weighted by Gasteiger charge is -2.28. The van der Waals surface area contributed by atoms with Crippen LogP contribution in [0.3, 0.4) is 0 Å². The van der Waals surface area contributed by atoms with Gasteiger partial charge >= 0.3 is 5.97 Å². The number of nitrogens with zero attached hydrogens (tertiary/aromatic N) is 2. The minimum Gasteiger partial charge on any atom is -0.467 e. The molecule has 1 aliphatic rings. The first-order valence-corrected chi connectivity index (χ1v) is 11.9. The van der Waals surface area contributed by atoms with Crippen LogP contribution >= 0.6 is 0 Å². The van der Waals surface area contributed by atoms with E-state index in [1.54, 1.807) is 11.8 Å². The molecule has 2 aromatic carbocycles. The maximum Gasteiger partial charge on any atom is 0.328 e. The normalized spacial score (nSPS) is 16.9. The molecule has 8 heteroatoms. The summed E-state index contributed by atoms with van der Waals surface area (Å²) >= 11 is 0. The molecule has 1 unspecified atom stereocenters. The number of nitrogens with one attached hydrogen (secondary N) is 1. The molecule has 3 amide bonds. The summed E-state index contributed by atoms with van der Waals surface area (Å²) in [4.78, 5) is 54.2. The minimum atomic E-state index is -0.937. The molecule has 0 radical (unpaired) electrons. The number of carbonyl (C=O) groups excluding carboxylic acids is 4. The van der Waals surface area contributed by atoms with Gasteiger partial charge in [0.1, 0.15) is 12.1 Å². The van der Waals surface area contributed by atoms with E-state index < -0.39 is 24.0 Å². The van der Waals surface area contributed by atoms with Gasteiger partial charge in [-0.05, 0) is 30.9 Å². The molecule has 1 aliphatic heterocycles.